The molecule has 2 amide bonds. The van der Waals surface area contributed by atoms with Gasteiger partial charge >= 0.3 is 6.03 Å². The van der Waals surface area contributed by atoms with E-state index in [1.807, 2.05) is 9.80 Å². The molecule has 0 aromatic carbocycles. The maximum atomic E-state index is 12.3. The topological polar surface area (TPSA) is 23.6 Å². The molecule has 17 heavy (non-hydrogen) atoms. The summed E-state index contributed by atoms with van der Waals surface area (Å²) in [7, 11) is 0. The SMILES string of the molecule is CCC(C)CN(CC)C(=O)N1CCC(C)CC1. The molecule has 1 aliphatic rings. The number of amides is 2. The highest BCUT2D eigenvalue weighted by Crippen LogP contribution is 2.17. The molecular formula is C14H28N2O. The molecular weight excluding hydrogens is 212 g/mol. The maximum absolute atomic E-state index is 12.3. The molecule has 1 unspecified atom stereocenters. The molecule has 1 aliphatic heterocycles. The third-order valence-electron chi connectivity index (χ3n) is 3.94. The van der Waals surface area contributed by atoms with E-state index in [-0.39, 0.29) is 6.03 Å². The van der Waals surface area contributed by atoms with Crippen molar-refractivity contribution in [3.8, 4) is 0 Å². The van der Waals surface area contributed by atoms with Crippen molar-refractivity contribution in [3.05, 3.63) is 0 Å². The van der Waals surface area contributed by atoms with Crippen molar-refractivity contribution in [2.45, 2.75) is 47.0 Å². The average molecular weight is 240 g/mol. The highest BCUT2D eigenvalue weighted by atomic mass is 16.2. The number of carbonyl (C=O) groups excluding carboxylic acids is 1. The third kappa shape index (κ3) is 4.21. The smallest absolute Gasteiger partial charge is 0.319 e. The molecule has 1 atom stereocenters. The zero-order valence-electron chi connectivity index (χ0n) is 11.9. The van der Waals surface area contributed by atoms with Gasteiger partial charge in [0.25, 0.3) is 0 Å². The first-order valence-electron chi connectivity index (χ1n) is 7.12. The van der Waals surface area contributed by atoms with Crippen LogP contribution in [0.25, 0.3) is 0 Å². The lowest BCUT2D eigenvalue weighted by atomic mass is 9.99. The van der Waals surface area contributed by atoms with E-state index in [0.717, 1.165) is 51.4 Å². The predicted octanol–water partition coefficient (Wildman–Crippen LogP) is 3.21. The summed E-state index contributed by atoms with van der Waals surface area (Å²) in [5.41, 5.74) is 0. The molecule has 0 radical (unpaired) electrons. The van der Waals surface area contributed by atoms with Crippen LogP contribution >= 0.6 is 0 Å². The lowest BCUT2D eigenvalue weighted by Crippen LogP contribution is -2.47. The first kappa shape index (κ1) is 14.3. The molecule has 100 valence electrons. The van der Waals surface area contributed by atoms with Gasteiger partial charge in [-0.3, -0.25) is 0 Å². The highest BCUT2D eigenvalue weighted by Gasteiger charge is 2.24. The first-order chi connectivity index (χ1) is 8.08. The number of urea groups is 1. The fourth-order valence-electron chi connectivity index (χ4n) is 2.25. The van der Waals surface area contributed by atoms with E-state index in [2.05, 4.69) is 27.7 Å². The summed E-state index contributed by atoms with van der Waals surface area (Å²) in [4.78, 5) is 16.4. The molecule has 1 saturated heterocycles. The fraction of sp³-hybridized carbons (Fsp3) is 0.929. The monoisotopic (exact) mass is 240 g/mol. The minimum atomic E-state index is 0.250. The molecule has 0 bridgehead atoms. The zero-order chi connectivity index (χ0) is 12.8. The summed E-state index contributed by atoms with van der Waals surface area (Å²) in [6, 6.07) is 0.250. The van der Waals surface area contributed by atoms with Crippen LogP contribution in [-0.4, -0.2) is 42.0 Å². The highest BCUT2D eigenvalue weighted by molar-refractivity contribution is 5.74. The van der Waals surface area contributed by atoms with Crippen molar-refractivity contribution in [1.82, 2.24) is 9.80 Å². The molecule has 3 nitrogen and oxygen atoms in total. The van der Waals surface area contributed by atoms with Gasteiger partial charge in [0.15, 0.2) is 0 Å². The van der Waals surface area contributed by atoms with Gasteiger partial charge in [-0.25, -0.2) is 4.79 Å². The van der Waals surface area contributed by atoms with E-state index in [1.54, 1.807) is 0 Å². The average Bonchev–Trinajstić information content (AvgIpc) is 2.35. The van der Waals surface area contributed by atoms with E-state index >= 15 is 0 Å². The quantitative estimate of drug-likeness (QED) is 0.740. The number of carbonyl (C=O) groups is 1. The van der Waals surface area contributed by atoms with E-state index in [1.165, 1.54) is 0 Å². The van der Waals surface area contributed by atoms with Crippen LogP contribution in [0.5, 0.6) is 0 Å². The number of piperidine rings is 1. The van der Waals surface area contributed by atoms with Gasteiger partial charge in [0, 0.05) is 26.2 Å². The third-order valence-corrected chi connectivity index (χ3v) is 3.94. The number of nitrogens with zero attached hydrogens (tertiary/aromatic N) is 2. The second-order valence-electron chi connectivity index (χ2n) is 5.50. The standard InChI is InChI=1S/C14H28N2O/c1-5-12(3)11-15(6-2)14(17)16-9-7-13(4)8-10-16/h12-13H,5-11H2,1-4H3. The molecule has 1 heterocycles. The van der Waals surface area contributed by atoms with Gasteiger partial charge in [-0.2, -0.15) is 0 Å². The first-order valence-corrected chi connectivity index (χ1v) is 7.12. The van der Waals surface area contributed by atoms with Gasteiger partial charge in [0.2, 0.25) is 0 Å². The van der Waals surface area contributed by atoms with Crippen LogP contribution < -0.4 is 0 Å². The van der Waals surface area contributed by atoms with Gasteiger partial charge in [-0.05, 0) is 31.6 Å². The second-order valence-corrected chi connectivity index (χ2v) is 5.50. The Morgan fingerprint density at radius 1 is 1.35 bits per heavy atom. The van der Waals surface area contributed by atoms with Crippen molar-refractivity contribution in [2.24, 2.45) is 11.8 Å². The Kier molecular flexibility index (Phi) is 5.79. The summed E-state index contributed by atoms with van der Waals surface area (Å²) in [5, 5.41) is 0. The van der Waals surface area contributed by atoms with Gasteiger partial charge < -0.3 is 9.80 Å². The Bertz CT molecular complexity index is 234. The molecule has 0 N–H and O–H groups in total. The maximum Gasteiger partial charge on any atom is 0.319 e. The van der Waals surface area contributed by atoms with Crippen LogP contribution in [0.4, 0.5) is 4.79 Å². The van der Waals surface area contributed by atoms with Crippen molar-refractivity contribution >= 4 is 6.03 Å². The Balaban J connectivity index is 2.48. The lowest BCUT2D eigenvalue weighted by molar-refractivity contribution is 0.131. The normalized spacial score (nSPS) is 19.2. The largest absolute Gasteiger partial charge is 0.325 e. The zero-order valence-corrected chi connectivity index (χ0v) is 11.9. The summed E-state index contributed by atoms with van der Waals surface area (Å²) in [6.07, 6.45) is 3.46. The minimum Gasteiger partial charge on any atom is -0.325 e. The van der Waals surface area contributed by atoms with E-state index in [0.29, 0.717) is 5.92 Å². The molecule has 0 aromatic rings. The fourth-order valence-corrected chi connectivity index (χ4v) is 2.25. The molecule has 0 spiro atoms. The Morgan fingerprint density at radius 3 is 2.41 bits per heavy atom. The molecule has 1 rings (SSSR count). The van der Waals surface area contributed by atoms with Crippen LogP contribution in [0.3, 0.4) is 0 Å². The summed E-state index contributed by atoms with van der Waals surface area (Å²) in [5.74, 6) is 1.38. The number of hydrogen-bond acceptors (Lipinski definition) is 1. The van der Waals surface area contributed by atoms with Crippen LogP contribution in [0.2, 0.25) is 0 Å². The van der Waals surface area contributed by atoms with Crippen LogP contribution in [-0.2, 0) is 0 Å². The molecule has 0 aliphatic carbocycles. The van der Waals surface area contributed by atoms with Gasteiger partial charge in [-0.1, -0.05) is 27.2 Å². The van der Waals surface area contributed by atoms with E-state index in [9.17, 15) is 4.79 Å². The van der Waals surface area contributed by atoms with Crippen LogP contribution in [0.1, 0.15) is 47.0 Å². The van der Waals surface area contributed by atoms with Gasteiger partial charge in [0.1, 0.15) is 0 Å². The summed E-state index contributed by atoms with van der Waals surface area (Å²) >= 11 is 0. The molecule has 0 saturated carbocycles. The van der Waals surface area contributed by atoms with Crippen LogP contribution in [0.15, 0.2) is 0 Å². The van der Waals surface area contributed by atoms with E-state index < -0.39 is 0 Å². The number of hydrogen-bond donors (Lipinski definition) is 0. The Morgan fingerprint density at radius 2 is 1.94 bits per heavy atom. The second kappa shape index (κ2) is 6.87. The molecule has 1 fully saturated rings. The Labute approximate surface area is 106 Å². The minimum absolute atomic E-state index is 0.250. The predicted molar refractivity (Wildman–Crippen MR) is 72.1 cm³/mol. The van der Waals surface area contributed by atoms with Crippen molar-refractivity contribution in [3.63, 3.8) is 0 Å². The van der Waals surface area contributed by atoms with Crippen LogP contribution in [0, 0.1) is 11.8 Å². The molecule has 3 heteroatoms. The van der Waals surface area contributed by atoms with E-state index in [4.69, 9.17) is 0 Å². The Hall–Kier alpha value is -0.730. The summed E-state index contributed by atoms with van der Waals surface area (Å²) in [6.45, 7) is 12.4. The van der Waals surface area contributed by atoms with Gasteiger partial charge in [0.05, 0.1) is 0 Å². The number of likely N-dealkylation sites (tertiary alicyclic amines) is 1. The van der Waals surface area contributed by atoms with Gasteiger partial charge in [-0.15, -0.1) is 0 Å². The van der Waals surface area contributed by atoms with Crippen molar-refractivity contribution in [1.29, 1.82) is 0 Å². The summed E-state index contributed by atoms with van der Waals surface area (Å²) < 4.78 is 0. The number of rotatable bonds is 4. The van der Waals surface area contributed by atoms with Crippen molar-refractivity contribution < 1.29 is 4.79 Å². The van der Waals surface area contributed by atoms with Crippen molar-refractivity contribution in [2.75, 3.05) is 26.2 Å². The molecule has 0 aromatic heterocycles. The lowest BCUT2D eigenvalue weighted by Gasteiger charge is -2.35.